The van der Waals surface area contributed by atoms with Crippen molar-refractivity contribution in [1.29, 1.82) is 0 Å². The minimum atomic E-state index is -1.14. The molecule has 92 valence electrons. The molecular weight excluding hydrogens is 255 g/mol. The number of carbonyl (C=O) groups is 2. The van der Waals surface area contributed by atoms with Crippen molar-refractivity contribution >= 4 is 34.4 Å². The molecule has 4 nitrogen and oxygen atoms in total. The molecule has 0 aromatic carbocycles. The van der Waals surface area contributed by atoms with Crippen molar-refractivity contribution in [1.82, 2.24) is 0 Å². The summed E-state index contributed by atoms with van der Waals surface area (Å²) in [6, 6.07) is 0. The highest BCUT2D eigenvalue weighted by molar-refractivity contribution is 6.65. The Hall–Kier alpha value is -0.320. The maximum absolute atomic E-state index is 11.6. The van der Waals surface area contributed by atoms with Gasteiger partial charge in [0.2, 0.25) is 5.24 Å². The Labute approximate surface area is 104 Å². The summed E-state index contributed by atoms with van der Waals surface area (Å²) in [5.74, 6) is -1.36. The van der Waals surface area contributed by atoms with Gasteiger partial charge in [-0.3, -0.25) is 9.59 Å². The van der Waals surface area contributed by atoms with Gasteiger partial charge in [-0.2, -0.15) is 0 Å². The fourth-order valence-corrected chi connectivity index (χ4v) is 3.50. The largest absolute Gasteiger partial charge is 0.469 e. The molecule has 6 heteroatoms. The molecule has 1 aliphatic rings. The Morgan fingerprint density at radius 1 is 1.25 bits per heavy atom. The zero-order valence-electron chi connectivity index (χ0n) is 9.54. The molecule has 0 aromatic heterocycles. The number of carbonyl (C=O) groups excluding carboxylic acids is 2. The first-order valence-electron chi connectivity index (χ1n) is 4.74. The minimum Gasteiger partial charge on any atom is -0.469 e. The molecule has 0 amide bonds. The third-order valence-corrected chi connectivity index (χ3v) is 4.14. The Morgan fingerprint density at radius 3 is 2.06 bits per heavy atom. The minimum absolute atomic E-state index is 0.553. The number of alkyl halides is 1. The van der Waals surface area contributed by atoms with Gasteiger partial charge in [-0.15, -0.1) is 11.6 Å². The third kappa shape index (κ3) is 1.55. The molecule has 1 rings (SSSR count). The van der Waals surface area contributed by atoms with Crippen LogP contribution in [0.4, 0.5) is 0 Å². The van der Waals surface area contributed by atoms with Crippen molar-refractivity contribution < 1.29 is 19.1 Å². The first-order chi connectivity index (χ1) is 7.24. The normalized spacial score (nSPS) is 42.4. The highest BCUT2D eigenvalue weighted by atomic mass is 35.5. The molecule has 0 heterocycles. The monoisotopic (exact) mass is 268 g/mol. The maximum atomic E-state index is 11.6. The van der Waals surface area contributed by atoms with Crippen molar-refractivity contribution in [2.24, 2.45) is 11.3 Å². The molecule has 0 radical (unpaired) electrons. The van der Waals surface area contributed by atoms with Crippen molar-refractivity contribution in [2.75, 3.05) is 14.2 Å². The van der Waals surface area contributed by atoms with Crippen LogP contribution in [0.5, 0.6) is 0 Å². The first kappa shape index (κ1) is 13.7. The summed E-state index contributed by atoms with van der Waals surface area (Å²) in [6.07, 6.45) is -0.615. The van der Waals surface area contributed by atoms with Gasteiger partial charge in [0.25, 0.3) is 0 Å². The van der Waals surface area contributed by atoms with Gasteiger partial charge >= 0.3 is 5.97 Å². The number of hydrogen-bond acceptors (Lipinski definition) is 4. The smallest absolute Gasteiger partial charge is 0.311 e. The van der Waals surface area contributed by atoms with E-state index in [0.29, 0.717) is 0 Å². The van der Waals surface area contributed by atoms with Crippen molar-refractivity contribution in [3.8, 4) is 0 Å². The number of halogens is 2. The second kappa shape index (κ2) is 4.17. The SMILES string of the molecule is COC(=O)C1C(C)(Cl)C(OC)C1(C)C(=O)Cl. The Bertz CT molecular complexity index is 329. The molecule has 16 heavy (non-hydrogen) atoms. The van der Waals surface area contributed by atoms with Gasteiger partial charge in [-0.1, -0.05) is 0 Å². The van der Waals surface area contributed by atoms with Crippen LogP contribution in [-0.2, 0) is 19.1 Å². The van der Waals surface area contributed by atoms with Gasteiger partial charge in [0.15, 0.2) is 0 Å². The Kier molecular flexibility index (Phi) is 3.58. The molecule has 0 N–H and O–H groups in total. The Balaban J connectivity index is 3.15. The van der Waals surface area contributed by atoms with Crippen LogP contribution >= 0.6 is 23.2 Å². The van der Waals surface area contributed by atoms with Gasteiger partial charge < -0.3 is 9.47 Å². The molecule has 1 saturated carbocycles. The summed E-state index contributed by atoms with van der Waals surface area (Å²) in [6.45, 7) is 3.19. The molecule has 0 spiro atoms. The van der Waals surface area contributed by atoms with E-state index < -0.39 is 33.5 Å². The maximum Gasteiger partial charge on any atom is 0.311 e. The quantitative estimate of drug-likeness (QED) is 0.443. The lowest BCUT2D eigenvalue weighted by molar-refractivity contribution is -0.193. The molecule has 0 saturated heterocycles. The molecule has 1 fully saturated rings. The van der Waals surface area contributed by atoms with Crippen LogP contribution < -0.4 is 0 Å². The van der Waals surface area contributed by atoms with Gasteiger partial charge in [-0.25, -0.2) is 0 Å². The number of esters is 1. The summed E-state index contributed by atoms with van der Waals surface area (Å²) >= 11 is 11.7. The zero-order chi connectivity index (χ0) is 12.7. The average Bonchev–Trinajstić information content (AvgIpc) is 2.16. The van der Waals surface area contributed by atoms with E-state index in [1.165, 1.54) is 14.2 Å². The van der Waals surface area contributed by atoms with Crippen LogP contribution in [0.15, 0.2) is 0 Å². The standard InChI is InChI=1S/C10H14Cl2O4/c1-9(8(11)14)5(6(13)15-3)10(2,12)7(9)16-4/h5,7H,1-4H3. The van der Waals surface area contributed by atoms with Gasteiger partial charge in [-0.05, 0) is 25.4 Å². The van der Waals surface area contributed by atoms with Crippen molar-refractivity contribution in [2.45, 2.75) is 24.8 Å². The second-order valence-corrected chi connectivity index (χ2v) is 5.44. The summed E-state index contributed by atoms with van der Waals surface area (Å²) in [7, 11) is 2.67. The molecule has 1 aliphatic carbocycles. The topological polar surface area (TPSA) is 52.6 Å². The molecule has 4 unspecified atom stereocenters. The molecule has 0 aliphatic heterocycles. The summed E-state index contributed by atoms with van der Waals surface area (Å²) < 4.78 is 9.80. The number of ether oxygens (including phenoxy) is 2. The highest BCUT2D eigenvalue weighted by Gasteiger charge is 2.73. The fraction of sp³-hybridized carbons (Fsp3) is 0.800. The lowest BCUT2D eigenvalue weighted by Gasteiger charge is -2.58. The molecule has 0 aromatic rings. The van der Waals surface area contributed by atoms with Gasteiger partial charge in [0, 0.05) is 7.11 Å². The van der Waals surface area contributed by atoms with Crippen LogP contribution in [0.1, 0.15) is 13.8 Å². The number of methoxy groups -OCH3 is 2. The fourth-order valence-electron chi connectivity index (χ4n) is 2.66. The van der Waals surface area contributed by atoms with E-state index in [2.05, 4.69) is 4.74 Å². The van der Waals surface area contributed by atoms with Gasteiger partial charge in [0.05, 0.1) is 29.4 Å². The summed E-state index contributed by atoms with van der Waals surface area (Å²) in [5.41, 5.74) is -1.14. The van der Waals surface area contributed by atoms with E-state index in [9.17, 15) is 9.59 Å². The van der Waals surface area contributed by atoms with Crippen LogP contribution in [-0.4, -0.2) is 36.4 Å². The molecule has 4 atom stereocenters. The number of hydrogen-bond donors (Lipinski definition) is 0. The second-order valence-electron chi connectivity index (χ2n) is 4.28. The van der Waals surface area contributed by atoms with E-state index in [1.54, 1.807) is 13.8 Å². The zero-order valence-corrected chi connectivity index (χ0v) is 11.1. The van der Waals surface area contributed by atoms with E-state index >= 15 is 0 Å². The first-order valence-corrected chi connectivity index (χ1v) is 5.49. The van der Waals surface area contributed by atoms with E-state index in [1.807, 2.05) is 0 Å². The lowest BCUT2D eigenvalue weighted by Crippen LogP contribution is -2.73. The van der Waals surface area contributed by atoms with Crippen LogP contribution in [0, 0.1) is 11.3 Å². The molecule has 0 bridgehead atoms. The van der Waals surface area contributed by atoms with E-state index in [0.717, 1.165) is 0 Å². The lowest BCUT2D eigenvalue weighted by atomic mass is 9.52. The summed E-state index contributed by atoms with van der Waals surface area (Å²) in [4.78, 5) is 22.1. The predicted molar refractivity (Wildman–Crippen MR) is 59.5 cm³/mol. The van der Waals surface area contributed by atoms with E-state index in [4.69, 9.17) is 27.9 Å². The third-order valence-electron chi connectivity index (χ3n) is 3.32. The predicted octanol–water partition coefficient (Wildman–Crippen LogP) is 1.57. The van der Waals surface area contributed by atoms with E-state index in [-0.39, 0.29) is 0 Å². The number of rotatable bonds is 3. The van der Waals surface area contributed by atoms with Crippen molar-refractivity contribution in [3.05, 3.63) is 0 Å². The summed E-state index contributed by atoms with van der Waals surface area (Å²) in [5, 5.41) is -0.645. The highest BCUT2D eigenvalue weighted by Crippen LogP contribution is 2.59. The van der Waals surface area contributed by atoms with Gasteiger partial charge in [0.1, 0.15) is 0 Å². The van der Waals surface area contributed by atoms with Crippen LogP contribution in [0.3, 0.4) is 0 Å². The Morgan fingerprint density at radius 2 is 1.75 bits per heavy atom. The van der Waals surface area contributed by atoms with Crippen LogP contribution in [0.2, 0.25) is 0 Å². The van der Waals surface area contributed by atoms with Crippen molar-refractivity contribution in [3.63, 3.8) is 0 Å². The average molecular weight is 269 g/mol. The van der Waals surface area contributed by atoms with Crippen LogP contribution in [0.25, 0.3) is 0 Å². The molecular formula is C10H14Cl2O4.